The van der Waals surface area contributed by atoms with Gasteiger partial charge >= 0.3 is 5.97 Å². The summed E-state index contributed by atoms with van der Waals surface area (Å²) in [7, 11) is 0. The van der Waals surface area contributed by atoms with Crippen LogP contribution in [0.4, 0.5) is 0 Å². The average Bonchev–Trinajstić information content (AvgIpc) is 2.38. The van der Waals surface area contributed by atoms with Gasteiger partial charge in [-0.25, -0.2) is 0 Å². The Morgan fingerprint density at radius 2 is 1.95 bits per heavy atom. The van der Waals surface area contributed by atoms with Gasteiger partial charge in [0.15, 0.2) is 0 Å². The molecule has 2 N–H and O–H groups in total. The fourth-order valence-corrected chi connectivity index (χ4v) is 3.34. The largest absolute Gasteiger partial charge is 0.481 e. The number of benzene rings is 1. The summed E-state index contributed by atoms with van der Waals surface area (Å²) in [4.78, 5) is 11.3. The van der Waals surface area contributed by atoms with Crippen molar-refractivity contribution in [1.29, 1.82) is 0 Å². The summed E-state index contributed by atoms with van der Waals surface area (Å²) in [6.45, 7) is 0. The number of hydrogen-bond acceptors (Lipinski definition) is 2. The van der Waals surface area contributed by atoms with Crippen LogP contribution in [0.1, 0.15) is 37.4 Å². The summed E-state index contributed by atoms with van der Waals surface area (Å²) in [6.07, 6.45) is 2.30. The first-order valence-corrected chi connectivity index (χ1v) is 7.12. The molecule has 1 aliphatic carbocycles. The Kier molecular flexibility index (Phi) is 4.71. The van der Waals surface area contributed by atoms with Crippen LogP contribution in [0.25, 0.3) is 0 Å². The van der Waals surface area contributed by atoms with E-state index < -0.39 is 18.0 Å². The standard InChI is InChI=1S/C14H16Cl2O3/c15-8-5-6-11(12(16)7-8)13(17)9-3-1-2-4-10(9)14(18)19/h5-7,9-10,13,17H,1-4H2,(H,18,19). The van der Waals surface area contributed by atoms with Crippen molar-refractivity contribution in [2.24, 2.45) is 11.8 Å². The maximum Gasteiger partial charge on any atom is 0.306 e. The first-order valence-electron chi connectivity index (χ1n) is 6.36. The highest BCUT2D eigenvalue weighted by Gasteiger charge is 2.36. The van der Waals surface area contributed by atoms with E-state index >= 15 is 0 Å². The predicted octanol–water partition coefficient (Wildman–Crippen LogP) is 3.92. The van der Waals surface area contributed by atoms with Crippen molar-refractivity contribution in [3.63, 3.8) is 0 Å². The fraction of sp³-hybridized carbons (Fsp3) is 0.500. The zero-order valence-corrected chi connectivity index (χ0v) is 11.9. The molecule has 0 heterocycles. The Morgan fingerprint density at radius 1 is 1.26 bits per heavy atom. The van der Waals surface area contributed by atoms with E-state index in [0.29, 0.717) is 28.5 Å². The van der Waals surface area contributed by atoms with Gasteiger partial charge < -0.3 is 10.2 Å². The van der Waals surface area contributed by atoms with Crippen LogP contribution >= 0.6 is 23.2 Å². The molecule has 19 heavy (non-hydrogen) atoms. The van der Waals surface area contributed by atoms with Crippen LogP contribution in [0.15, 0.2) is 18.2 Å². The maximum atomic E-state index is 11.3. The van der Waals surface area contributed by atoms with Crippen LogP contribution in [0.3, 0.4) is 0 Å². The quantitative estimate of drug-likeness (QED) is 0.890. The van der Waals surface area contributed by atoms with Crippen LogP contribution in [0, 0.1) is 11.8 Å². The van der Waals surface area contributed by atoms with Crippen molar-refractivity contribution in [3.05, 3.63) is 33.8 Å². The van der Waals surface area contributed by atoms with Crippen molar-refractivity contribution in [1.82, 2.24) is 0 Å². The molecule has 3 unspecified atom stereocenters. The predicted molar refractivity (Wildman–Crippen MR) is 74.5 cm³/mol. The minimum absolute atomic E-state index is 0.287. The Hall–Kier alpha value is -0.770. The van der Waals surface area contributed by atoms with Crippen LogP contribution in [0.2, 0.25) is 10.0 Å². The average molecular weight is 303 g/mol. The second-order valence-electron chi connectivity index (χ2n) is 5.00. The van der Waals surface area contributed by atoms with Gasteiger partial charge in [-0.05, 0) is 30.5 Å². The molecule has 1 aliphatic rings. The lowest BCUT2D eigenvalue weighted by Crippen LogP contribution is -2.31. The molecule has 5 heteroatoms. The third-order valence-electron chi connectivity index (χ3n) is 3.82. The van der Waals surface area contributed by atoms with Crippen molar-refractivity contribution in [2.45, 2.75) is 31.8 Å². The van der Waals surface area contributed by atoms with Gasteiger partial charge in [0.2, 0.25) is 0 Å². The number of aliphatic carboxylic acids is 1. The Balaban J connectivity index is 2.25. The van der Waals surface area contributed by atoms with Crippen LogP contribution in [-0.2, 0) is 4.79 Å². The monoisotopic (exact) mass is 302 g/mol. The Labute approximate surface area is 122 Å². The molecule has 1 aromatic rings. The van der Waals surface area contributed by atoms with E-state index in [-0.39, 0.29) is 5.92 Å². The molecule has 1 aromatic carbocycles. The third-order valence-corrected chi connectivity index (χ3v) is 4.39. The number of carbonyl (C=O) groups is 1. The van der Waals surface area contributed by atoms with Gasteiger partial charge in [-0.15, -0.1) is 0 Å². The summed E-state index contributed by atoms with van der Waals surface area (Å²) in [6, 6.07) is 4.90. The Morgan fingerprint density at radius 3 is 2.58 bits per heavy atom. The molecule has 2 rings (SSSR count). The van der Waals surface area contributed by atoms with Gasteiger partial charge in [-0.1, -0.05) is 42.1 Å². The lowest BCUT2D eigenvalue weighted by Gasteiger charge is -2.32. The lowest BCUT2D eigenvalue weighted by atomic mass is 9.74. The van der Waals surface area contributed by atoms with Crippen molar-refractivity contribution < 1.29 is 15.0 Å². The molecule has 0 radical (unpaired) electrons. The number of carboxylic acid groups (broad SMARTS) is 1. The highest BCUT2D eigenvalue weighted by atomic mass is 35.5. The van der Waals surface area contributed by atoms with Crippen molar-refractivity contribution >= 4 is 29.2 Å². The number of rotatable bonds is 3. The number of halogens is 2. The molecule has 0 bridgehead atoms. The molecule has 0 saturated heterocycles. The van der Waals surface area contributed by atoms with E-state index in [9.17, 15) is 15.0 Å². The molecule has 104 valence electrons. The minimum atomic E-state index is -0.855. The number of aliphatic hydroxyl groups is 1. The van der Waals surface area contributed by atoms with Crippen LogP contribution < -0.4 is 0 Å². The van der Waals surface area contributed by atoms with Gasteiger partial charge in [-0.2, -0.15) is 0 Å². The fourth-order valence-electron chi connectivity index (χ4n) is 2.82. The van der Waals surface area contributed by atoms with Crippen LogP contribution in [-0.4, -0.2) is 16.2 Å². The molecule has 0 amide bonds. The highest BCUT2D eigenvalue weighted by Crippen LogP contribution is 2.41. The molecule has 0 spiro atoms. The second-order valence-corrected chi connectivity index (χ2v) is 5.85. The molecule has 1 fully saturated rings. The normalized spacial score (nSPS) is 25.0. The molecular weight excluding hydrogens is 287 g/mol. The van der Waals surface area contributed by atoms with E-state index in [1.165, 1.54) is 0 Å². The summed E-state index contributed by atoms with van der Waals surface area (Å²) in [5.41, 5.74) is 0.559. The zero-order chi connectivity index (χ0) is 14.0. The van der Waals surface area contributed by atoms with Gasteiger partial charge in [0.1, 0.15) is 0 Å². The molecule has 3 atom stereocenters. The Bertz CT molecular complexity index is 476. The van der Waals surface area contributed by atoms with Gasteiger partial charge in [0, 0.05) is 16.0 Å². The van der Waals surface area contributed by atoms with Gasteiger partial charge in [-0.3, -0.25) is 4.79 Å². The molecule has 1 saturated carbocycles. The smallest absolute Gasteiger partial charge is 0.306 e. The number of aliphatic hydroxyl groups excluding tert-OH is 1. The topological polar surface area (TPSA) is 57.5 Å². The van der Waals surface area contributed by atoms with E-state index in [0.717, 1.165) is 12.8 Å². The summed E-state index contributed by atoms with van der Waals surface area (Å²) < 4.78 is 0. The van der Waals surface area contributed by atoms with Gasteiger partial charge in [0.25, 0.3) is 0 Å². The van der Waals surface area contributed by atoms with E-state index in [2.05, 4.69) is 0 Å². The van der Waals surface area contributed by atoms with E-state index in [1.54, 1.807) is 18.2 Å². The minimum Gasteiger partial charge on any atom is -0.481 e. The SMILES string of the molecule is O=C(O)C1CCCCC1C(O)c1ccc(Cl)cc1Cl. The van der Waals surface area contributed by atoms with E-state index in [4.69, 9.17) is 23.2 Å². The highest BCUT2D eigenvalue weighted by molar-refractivity contribution is 6.35. The molecular formula is C14H16Cl2O3. The molecule has 0 aromatic heterocycles. The van der Waals surface area contributed by atoms with E-state index in [1.807, 2.05) is 0 Å². The number of carboxylic acids is 1. The lowest BCUT2D eigenvalue weighted by molar-refractivity contribution is -0.147. The molecule has 0 aliphatic heterocycles. The maximum absolute atomic E-state index is 11.3. The zero-order valence-electron chi connectivity index (χ0n) is 10.4. The van der Waals surface area contributed by atoms with Gasteiger partial charge in [0.05, 0.1) is 12.0 Å². The molecule has 3 nitrogen and oxygen atoms in total. The van der Waals surface area contributed by atoms with Crippen LogP contribution in [0.5, 0.6) is 0 Å². The van der Waals surface area contributed by atoms with Crippen molar-refractivity contribution in [2.75, 3.05) is 0 Å². The second kappa shape index (κ2) is 6.12. The third kappa shape index (κ3) is 3.22. The van der Waals surface area contributed by atoms with Crippen molar-refractivity contribution in [3.8, 4) is 0 Å². The summed E-state index contributed by atoms with van der Waals surface area (Å²) >= 11 is 11.9. The first kappa shape index (κ1) is 14.6. The first-order chi connectivity index (χ1) is 9.00. The number of hydrogen-bond donors (Lipinski definition) is 2. The summed E-state index contributed by atoms with van der Waals surface area (Å²) in [5, 5.41) is 20.6. The summed E-state index contributed by atoms with van der Waals surface area (Å²) in [5.74, 6) is -1.63.